The molecule has 0 saturated heterocycles. The molecule has 15 heavy (non-hydrogen) atoms. The highest BCUT2D eigenvalue weighted by molar-refractivity contribution is 9.10. The third kappa shape index (κ3) is 3.47. The van der Waals surface area contributed by atoms with E-state index >= 15 is 0 Å². The maximum atomic E-state index is 13.1. The van der Waals surface area contributed by atoms with E-state index in [4.69, 9.17) is 4.74 Å². The molecule has 0 bridgehead atoms. The summed E-state index contributed by atoms with van der Waals surface area (Å²) in [5, 5.41) is 3.26. The van der Waals surface area contributed by atoms with Crippen LogP contribution in [0.3, 0.4) is 0 Å². The van der Waals surface area contributed by atoms with Crippen molar-refractivity contribution in [3.63, 3.8) is 0 Å². The highest BCUT2D eigenvalue weighted by atomic mass is 79.9. The van der Waals surface area contributed by atoms with Crippen LogP contribution in [0.5, 0.6) is 0 Å². The molecular formula is C11H15BrFNO. The van der Waals surface area contributed by atoms with Gasteiger partial charge in [0, 0.05) is 18.8 Å². The quantitative estimate of drug-likeness (QED) is 0.910. The lowest BCUT2D eigenvalue weighted by Crippen LogP contribution is -2.21. The van der Waals surface area contributed by atoms with E-state index in [2.05, 4.69) is 21.2 Å². The summed E-state index contributed by atoms with van der Waals surface area (Å²) in [6.07, 6.45) is 0. The fourth-order valence-corrected chi connectivity index (χ4v) is 1.70. The monoisotopic (exact) mass is 275 g/mol. The molecule has 0 aliphatic carbocycles. The van der Waals surface area contributed by atoms with Gasteiger partial charge in [0.2, 0.25) is 0 Å². The summed E-state index contributed by atoms with van der Waals surface area (Å²) in [5.41, 5.74) is 1.81. The number of methoxy groups -OCH3 is 1. The van der Waals surface area contributed by atoms with Gasteiger partial charge in [-0.25, -0.2) is 4.39 Å². The van der Waals surface area contributed by atoms with Crippen LogP contribution < -0.4 is 5.32 Å². The van der Waals surface area contributed by atoms with Crippen LogP contribution in [-0.2, 0) is 4.74 Å². The Bertz CT molecular complexity index is 344. The smallest absolute Gasteiger partial charge is 0.137 e. The van der Waals surface area contributed by atoms with Crippen molar-refractivity contribution in [1.82, 2.24) is 0 Å². The van der Waals surface area contributed by atoms with E-state index in [0.29, 0.717) is 11.1 Å². The second-order valence-corrected chi connectivity index (χ2v) is 4.44. The summed E-state index contributed by atoms with van der Waals surface area (Å²) in [5.74, 6) is -0.238. The molecule has 0 saturated carbocycles. The molecule has 84 valence electrons. The number of rotatable bonds is 4. The van der Waals surface area contributed by atoms with Crippen LogP contribution >= 0.6 is 15.9 Å². The van der Waals surface area contributed by atoms with Gasteiger partial charge in [0.15, 0.2) is 0 Å². The maximum Gasteiger partial charge on any atom is 0.137 e. The van der Waals surface area contributed by atoms with Crippen LogP contribution in [0.25, 0.3) is 0 Å². The first-order chi connectivity index (χ1) is 7.04. The lowest BCUT2D eigenvalue weighted by Gasteiger charge is -2.16. The van der Waals surface area contributed by atoms with Gasteiger partial charge in [-0.05, 0) is 47.5 Å². The first kappa shape index (κ1) is 12.5. The Morgan fingerprint density at radius 3 is 2.80 bits per heavy atom. The largest absolute Gasteiger partial charge is 0.383 e. The predicted molar refractivity (Wildman–Crippen MR) is 63.8 cm³/mol. The minimum atomic E-state index is -0.238. The highest BCUT2D eigenvalue weighted by Gasteiger charge is 2.07. The van der Waals surface area contributed by atoms with Gasteiger partial charge in [0.25, 0.3) is 0 Å². The van der Waals surface area contributed by atoms with Crippen molar-refractivity contribution in [2.75, 3.05) is 19.0 Å². The number of benzene rings is 1. The molecule has 1 atom stereocenters. The molecule has 1 unspecified atom stereocenters. The summed E-state index contributed by atoms with van der Waals surface area (Å²) in [7, 11) is 1.66. The summed E-state index contributed by atoms with van der Waals surface area (Å²) < 4.78 is 18.6. The number of nitrogens with one attached hydrogen (secondary N) is 1. The molecule has 0 amide bonds. The standard InChI is InChI=1S/C11H15BrFNO/c1-7-4-10(13)9(12)5-11(7)14-8(2)6-15-3/h4-5,8,14H,6H2,1-3H3. The topological polar surface area (TPSA) is 21.3 Å². The van der Waals surface area contributed by atoms with Crippen molar-refractivity contribution in [3.05, 3.63) is 28.0 Å². The van der Waals surface area contributed by atoms with E-state index in [-0.39, 0.29) is 11.9 Å². The van der Waals surface area contributed by atoms with Crippen molar-refractivity contribution >= 4 is 21.6 Å². The normalized spacial score (nSPS) is 12.6. The Kier molecular flexibility index (Phi) is 4.54. The molecule has 0 radical (unpaired) electrons. The summed E-state index contributed by atoms with van der Waals surface area (Å²) in [6.45, 7) is 4.51. The Balaban J connectivity index is 2.81. The zero-order chi connectivity index (χ0) is 11.4. The minimum Gasteiger partial charge on any atom is -0.383 e. The fourth-order valence-electron chi connectivity index (χ4n) is 1.36. The predicted octanol–water partition coefficient (Wildman–Crippen LogP) is 3.34. The van der Waals surface area contributed by atoms with Gasteiger partial charge >= 0.3 is 0 Å². The molecule has 0 heterocycles. The van der Waals surface area contributed by atoms with Crippen molar-refractivity contribution in [1.29, 1.82) is 0 Å². The SMILES string of the molecule is COCC(C)Nc1cc(Br)c(F)cc1C. The fraction of sp³-hybridized carbons (Fsp3) is 0.455. The Morgan fingerprint density at radius 1 is 1.53 bits per heavy atom. The zero-order valence-electron chi connectivity index (χ0n) is 9.10. The molecule has 0 spiro atoms. The maximum absolute atomic E-state index is 13.1. The lowest BCUT2D eigenvalue weighted by molar-refractivity contribution is 0.190. The molecule has 0 aliphatic heterocycles. The number of hydrogen-bond donors (Lipinski definition) is 1. The number of ether oxygens (including phenoxy) is 1. The molecule has 0 aromatic heterocycles. The van der Waals surface area contributed by atoms with Crippen molar-refractivity contribution < 1.29 is 9.13 Å². The van der Waals surface area contributed by atoms with Gasteiger partial charge in [0.05, 0.1) is 11.1 Å². The van der Waals surface area contributed by atoms with Crippen LogP contribution in [0.15, 0.2) is 16.6 Å². The van der Waals surface area contributed by atoms with E-state index in [1.807, 2.05) is 13.8 Å². The number of anilines is 1. The van der Waals surface area contributed by atoms with Gasteiger partial charge in [-0.3, -0.25) is 0 Å². The van der Waals surface area contributed by atoms with E-state index in [1.165, 1.54) is 6.07 Å². The Morgan fingerprint density at radius 2 is 2.20 bits per heavy atom. The van der Waals surface area contributed by atoms with Crippen molar-refractivity contribution in [3.8, 4) is 0 Å². The first-order valence-electron chi connectivity index (χ1n) is 4.75. The van der Waals surface area contributed by atoms with Crippen LogP contribution in [0.2, 0.25) is 0 Å². The van der Waals surface area contributed by atoms with Crippen LogP contribution in [0, 0.1) is 12.7 Å². The van der Waals surface area contributed by atoms with E-state index in [9.17, 15) is 4.39 Å². The minimum absolute atomic E-state index is 0.200. The highest BCUT2D eigenvalue weighted by Crippen LogP contribution is 2.24. The molecule has 4 heteroatoms. The molecule has 1 aromatic carbocycles. The third-order valence-electron chi connectivity index (χ3n) is 2.09. The molecule has 0 fully saturated rings. The second-order valence-electron chi connectivity index (χ2n) is 3.58. The van der Waals surface area contributed by atoms with Crippen LogP contribution in [0.1, 0.15) is 12.5 Å². The average molecular weight is 276 g/mol. The summed E-state index contributed by atoms with van der Waals surface area (Å²) >= 11 is 3.16. The first-order valence-corrected chi connectivity index (χ1v) is 5.55. The van der Waals surface area contributed by atoms with E-state index < -0.39 is 0 Å². The van der Waals surface area contributed by atoms with Gasteiger partial charge in [-0.15, -0.1) is 0 Å². The van der Waals surface area contributed by atoms with Crippen LogP contribution in [0.4, 0.5) is 10.1 Å². The molecule has 1 rings (SSSR count). The molecule has 1 aromatic rings. The van der Waals surface area contributed by atoms with Crippen LogP contribution in [-0.4, -0.2) is 19.8 Å². The third-order valence-corrected chi connectivity index (χ3v) is 2.69. The number of aryl methyl sites for hydroxylation is 1. The zero-order valence-corrected chi connectivity index (χ0v) is 10.7. The number of halogens is 2. The van der Waals surface area contributed by atoms with Gasteiger partial charge in [-0.2, -0.15) is 0 Å². The van der Waals surface area contributed by atoms with E-state index in [0.717, 1.165) is 11.3 Å². The average Bonchev–Trinajstić information content (AvgIpc) is 2.14. The molecule has 1 N–H and O–H groups in total. The second kappa shape index (κ2) is 5.47. The molecular weight excluding hydrogens is 261 g/mol. The number of hydrogen-bond acceptors (Lipinski definition) is 2. The molecule has 2 nitrogen and oxygen atoms in total. The lowest BCUT2D eigenvalue weighted by atomic mass is 10.2. The van der Waals surface area contributed by atoms with Gasteiger partial charge < -0.3 is 10.1 Å². The van der Waals surface area contributed by atoms with E-state index in [1.54, 1.807) is 13.2 Å². The van der Waals surface area contributed by atoms with Crippen molar-refractivity contribution in [2.45, 2.75) is 19.9 Å². The Hall–Kier alpha value is -0.610. The molecule has 0 aliphatic rings. The Labute approximate surface area is 98.0 Å². The summed E-state index contributed by atoms with van der Waals surface area (Å²) in [4.78, 5) is 0. The van der Waals surface area contributed by atoms with Gasteiger partial charge in [-0.1, -0.05) is 0 Å². The van der Waals surface area contributed by atoms with Crippen molar-refractivity contribution in [2.24, 2.45) is 0 Å². The van der Waals surface area contributed by atoms with Gasteiger partial charge in [0.1, 0.15) is 5.82 Å². The summed E-state index contributed by atoms with van der Waals surface area (Å²) in [6, 6.07) is 3.45.